The molecule has 6 heteroatoms. The minimum absolute atomic E-state index is 0.0211. The number of anilines is 1. The third-order valence-electron chi connectivity index (χ3n) is 4.30. The van der Waals surface area contributed by atoms with E-state index in [0.717, 1.165) is 24.1 Å². The van der Waals surface area contributed by atoms with Gasteiger partial charge in [0.1, 0.15) is 0 Å². The highest BCUT2D eigenvalue weighted by Gasteiger charge is 2.25. The van der Waals surface area contributed by atoms with Crippen molar-refractivity contribution < 1.29 is 13.2 Å². The summed E-state index contributed by atoms with van der Waals surface area (Å²) in [6, 6.07) is 14.3. The summed E-state index contributed by atoms with van der Waals surface area (Å²) in [5.41, 5.74) is 3.01. The number of hydrogen-bond donors (Lipinski definition) is 1. The Labute approximate surface area is 148 Å². The van der Waals surface area contributed by atoms with Gasteiger partial charge in [0.25, 0.3) is 5.91 Å². The number of amides is 1. The number of carbonyl (C=O) groups excluding carboxylic acids is 1. The maximum absolute atomic E-state index is 12.3. The van der Waals surface area contributed by atoms with Crippen LogP contribution in [0.5, 0.6) is 0 Å². The number of benzene rings is 2. The second-order valence-corrected chi connectivity index (χ2v) is 8.35. The van der Waals surface area contributed by atoms with Gasteiger partial charge in [0.2, 0.25) is 10.0 Å². The molecule has 0 bridgehead atoms. The monoisotopic (exact) mass is 358 g/mol. The van der Waals surface area contributed by atoms with E-state index in [4.69, 9.17) is 0 Å². The van der Waals surface area contributed by atoms with Crippen LogP contribution in [0.15, 0.2) is 48.5 Å². The molecule has 0 radical (unpaired) electrons. The van der Waals surface area contributed by atoms with Crippen LogP contribution in [0.3, 0.4) is 0 Å². The van der Waals surface area contributed by atoms with Crippen molar-refractivity contribution >= 4 is 21.6 Å². The Balaban J connectivity index is 1.66. The Morgan fingerprint density at radius 1 is 1.08 bits per heavy atom. The molecule has 0 atom stereocenters. The minimum Gasteiger partial charge on any atom is -0.322 e. The highest BCUT2D eigenvalue weighted by atomic mass is 32.2. The molecule has 1 heterocycles. The third-order valence-corrected chi connectivity index (χ3v) is 6.15. The lowest BCUT2D eigenvalue weighted by Gasteiger charge is -2.15. The van der Waals surface area contributed by atoms with Crippen molar-refractivity contribution in [1.82, 2.24) is 4.31 Å². The second-order valence-electron chi connectivity index (χ2n) is 6.38. The van der Waals surface area contributed by atoms with Gasteiger partial charge >= 0.3 is 0 Å². The van der Waals surface area contributed by atoms with Crippen LogP contribution in [-0.4, -0.2) is 31.7 Å². The summed E-state index contributed by atoms with van der Waals surface area (Å²) in [6.07, 6.45) is 1.86. The fraction of sp³-hybridized carbons (Fsp3) is 0.316. The normalized spacial score (nSPS) is 15.2. The van der Waals surface area contributed by atoms with Gasteiger partial charge in [-0.15, -0.1) is 0 Å². The SMILES string of the molecule is Cc1cccc(NC(=O)c2ccc(CS(=O)(=O)N3CCCC3)cc2)c1. The predicted octanol–water partition coefficient (Wildman–Crippen LogP) is 3.17. The predicted molar refractivity (Wildman–Crippen MR) is 99.0 cm³/mol. The third kappa shape index (κ3) is 4.46. The van der Waals surface area contributed by atoms with E-state index >= 15 is 0 Å². The topological polar surface area (TPSA) is 66.5 Å². The average molecular weight is 358 g/mol. The molecule has 1 aliphatic heterocycles. The molecule has 1 saturated heterocycles. The number of rotatable bonds is 5. The number of hydrogen-bond acceptors (Lipinski definition) is 3. The molecule has 1 fully saturated rings. The van der Waals surface area contributed by atoms with E-state index in [0.29, 0.717) is 24.2 Å². The van der Waals surface area contributed by atoms with Gasteiger partial charge in [-0.25, -0.2) is 12.7 Å². The summed E-state index contributed by atoms with van der Waals surface area (Å²) in [7, 11) is -3.27. The van der Waals surface area contributed by atoms with Gasteiger partial charge in [-0.2, -0.15) is 0 Å². The number of sulfonamides is 1. The van der Waals surface area contributed by atoms with Gasteiger partial charge < -0.3 is 5.32 Å². The summed E-state index contributed by atoms with van der Waals surface area (Å²) in [4.78, 5) is 12.3. The van der Waals surface area contributed by atoms with E-state index in [-0.39, 0.29) is 11.7 Å². The van der Waals surface area contributed by atoms with Crippen LogP contribution in [0.2, 0.25) is 0 Å². The summed E-state index contributed by atoms with van der Waals surface area (Å²) >= 11 is 0. The maximum Gasteiger partial charge on any atom is 0.255 e. The molecule has 132 valence electrons. The fourth-order valence-corrected chi connectivity index (χ4v) is 4.56. The van der Waals surface area contributed by atoms with Crippen molar-refractivity contribution in [2.75, 3.05) is 18.4 Å². The molecule has 1 aliphatic rings. The highest BCUT2D eigenvalue weighted by molar-refractivity contribution is 7.88. The lowest BCUT2D eigenvalue weighted by molar-refractivity contribution is 0.102. The first-order valence-electron chi connectivity index (χ1n) is 8.39. The Hall–Kier alpha value is -2.18. The number of aryl methyl sites for hydroxylation is 1. The maximum atomic E-state index is 12.3. The zero-order chi connectivity index (χ0) is 17.9. The lowest BCUT2D eigenvalue weighted by atomic mass is 10.1. The molecule has 3 rings (SSSR count). The van der Waals surface area contributed by atoms with Crippen LogP contribution in [0.4, 0.5) is 5.69 Å². The van der Waals surface area contributed by atoms with Gasteiger partial charge in [-0.3, -0.25) is 4.79 Å². The molecule has 0 unspecified atom stereocenters. The Morgan fingerprint density at radius 2 is 1.76 bits per heavy atom. The first-order valence-corrected chi connectivity index (χ1v) is 10.00. The molecular weight excluding hydrogens is 336 g/mol. The Bertz CT molecular complexity index is 854. The van der Waals surface area contributed by atoms with Crippen molar-refractivity contribution in [2.24, 2.45) is 0 Å². The highest BCUT2D eigenvalue weighted by Crippen LogP contribution is 2.18. The molecule has 0 spiro atoms. The van der Waals surface area contributed by atoms with E-state index < -0.39 is 10.0 Å². The Kier molecular flexibility index (Phi) is 5.20. The number of nitrogens with one attached hydrogen (secondary N) is 1. The van der Waals surface area contributed by atoms with Crippen molar-refractivity contribution in [3.05, 3.63) is 65.2 Å². The standard InChI is InChI=1S/C19H22N2O3S/c1-15-5-4-6-18(13-15)20-19(22)17-9-7-16(8-10-17)14-25(23,24)21-11-2-3-12-21/h4-10,13H,2-3,11-12,14H2,1H3,(H,20,22). The number of nitrogens with zero attached hydrogens (tertiary/aromatic N) is 1. The minimum atomic E-state index is -3.27. The summed E-state index contributed by atoms with van der Waals surface area (Å²) < 4.78 is 26.2. The van der Waals surface area contributed by atoms with Gasteiger partial charge in [-0.1, -0.05) is 24.3 Å². The van der Waals surface area contributed by atoms with E-state index in [2.05, 4.69) is 5.32 Å². The molecule has 1 N–H and O–H groups in total. The van der Waals surface area contributed by atoms with Crippen LogP contribution < -0.4 is 5.32 Å². The van der Waals surface area contributed by atoms with E-state index in [9.17, 15) is 13.2 Å². The van der Waals surface area contributed by atoms with Crippen LogP contribution in [-0.2, 0) is 15.8 Å². The zero-order valence-corrected chi connectivity index (χ0v) is 15.1. The van der Waals surface area contributed by atoms with Crippen LogP contribution in [0.25, 0.3) is 0 Å². The van der Waals surface area contributed by atoms with Crippen LogP contribution in [0.1, 0.15) is 34.3 Å². The molecule has 25 heavy (non-hydrogen) atoms. The van der Waals surface area contributed by atoms with Gasteiger partial charge in [0, 0.05) is 24.3 Å². The van der Waals surface area contributed by atoms with E-state index in [1.807, 2.05) is 31.2 Å². The van der Waals surface area contributed by atoms with Crippen molar-refractivity contribution in [3.63, 3.8) is 0 Å². The fourth-order valence-electron chi connectivity index (χ4n) is 2.95. The molecule has 0 aromatic heterocycles. The van der Waals surface area contributed by atoms with Gasteiger partial charge in [0.05, 0.1) is 5.75 Å². The molecular formula is C19H22N2O3S. The average Bonchev–Trinajstić information content (AvgIpc) is 3.10. The van der Waals surface area contributed by atoms with Gasteiger partial charge in [0.15, 0.2) is 0 Å². The zero-order valence-electron chi connectivity index (χ0n) is 14.2. The van der Waals surface area contributed by atoms with E-state index in [1.165, 1.54) is 0 Å². The lowest BCUT2D eigenvalue weighted by Crippen LogP contribution is -2.29. The summed E-state index contributed by atoms with van der Waals surface area (Å²) in [6.45, 7) is 3.18. The first kappa shape index (κ1) is 17.6. The largest absolute Gasteiger partial charge is 0.322 e. The summed E-state index contributed by atoms with van der Waals surface area (Å²) in [5, 5.41) is 2.85. The molecule has 0 aliphatic carbocycles. The summed E-state index contributed by atoms with van der Waals surface area (Å²) in [5.74, 6) is -0.230. The smallest absolute Gasteiger partial charge is 0.255 e. The first-order chi connectivity index (χ1) is 11.9. The molecule has 1 amide bonds. The van der Waals surface area contributed by atoms with Crippen molar-refractivity contribution in [1.29, 1.82) is 0 Å². The van der Waals surface area contributed by atoms with Crippen LogP contribution >= 0.6 is 0 Å². The number of carbonyl (C=O) groups is 1. The molecule has 2 aromatic carbocycles. The van der Waals surface area contributed by atoms with Gasteiger partial charge in [-0.05, 0) is 55.2 Å². The molecule has 2 aromatic rings. The quantitative estimate of drug-likeness (QED) is 0.893. The Morgan fingerprint density at radius 3 is 2.40 bits per heavy atom. The van der Waals surface area contributed by atoms with Crippen molar-refractivity contribution in [2.45, 2.75) is 25.5 Å². The molecule has 0 saturated carbocycles. The second kappa shape index (κ2) is 7.37. The van der Waals surface area contributed by atoms with E-state index in [1.54, 1.807) is 28.6 Å². The van der Waals surface area contributed by atoms with Crippen LogP contribution in [0, 0.1) is 6.92 Å². The van der Waals surface area contributed by atoms with Crippen molar-refractivity contribution in [3.8, 4) is 0 Å². The molecule has 5 nitrogen and oxygen atoms in total.